The van der Waals surface area contributed by atoms with Gasteiger partial charge in [0.05, 0.1) is 6.26 Å². The first-order chi connectivity index (χ1) is 6.74. The number of hydrogen-bond acceptors (Lipinski definition) is 4. The summed E-state index contributed by atoms with van der Waals surface area (Å²) in [5.41, 5.74) is 2.00. The van der Waals surface area contributed by atoms with E-state index >= 15 is 0 Å². The third kappa shape index (κ3) is 1.28. The molecule has 0 saturated heterocycles. The van der Waals surface area contributed by atoms with Gasteiger partial charge in [-0.15, -0.1) is 0 Å². The number of hydrogen-bond donors (Lipinski definition) is 1. The van der Waals surface area contributed by atoms with Gasteiger partial charge in [0.2, 0.25) is 0 Å². The van der Waals surface area contributed by atoms with E-state index in [0.717, 1.165) is 10.9 Å². The molecule has 0 radical (unpaired) electrons. The molecule has 3 nitrogen and oxygen atoms in total. The Morgan fingerprint density at radius 2 is 2.21 bits per heavy atom. The van der Waals surface area contributed by atoms with Crippen LogP contribution in [0.1, 0.15) is 15.9 Å². The molecule has 0 unspecified atom stereocenters. The lowest BCUT2D eigenvalue weighted by Crippen LogP contribution is -1.98. The predicted octanol–water partition coefficient (Wildman–Crippen LogP) is 2.74. The van der Waals surface area contributed by atoms with Crippen molar-refractivity contribution in [1.29, 1.82) is 0 Å². The second-order valence-corrected chi connectivity index (χ2v) is 3.15. The van der Waals surface area contributed by atoms with Crippen LogP contribution in [0.2, 0.25) is 0 Å². The van der Waals surface area contributed by atoms with Gasteiger partial charge in [-0.3, -0.25) is 0 Å². The van der Waals surface area contributed by atoms with Crippen LogP contribution in [-0.4, -0.2) is 5.97 Å². The zero-order valence-corrected chi connectivity index (χ0v) is 8.38. The SMILES string of the molecule is Cc1ccc(C(=O)OS)c2occc12. The first-order valence-electron chi connectivity index (χ1n) is 4.06. The summed E-state index contributed by atoms with van der Waals surface area (Å²) in [6, 6.07) is 5.33. The number of carbonyl (C=O) groups excluding carboxylic acids is 1. The van der Waals surface area contributed by atoms with Gasteiger partial charge in [-0.2, -0.15) is 0 Å². The molecule has 0 N–H and O–H groups in total. The lowest BCUT2D eigenvalue weighted by atomic mass is 10.1. The van der Waals surface area contributed by atoms with Gasteiger partial charge in [0.1, 0.15) is 11.1 Å². The number of fused-ring (bicyclic) bond motifs is 1. The Labute approximate surface area is 86.3 Å². The highest BCUT2D eigenvalue weighted by Crippen LogP contribution is 2.24. The highest BCUT2D eigenvalue weighted by Gasteiger charge is 2.14. The second kappa shape index (κ2) is 3.38. The van der Waals surface area contributed by atoms with Crippen molar-refractivity contribution >= 4 is 29.8 Å². The molecule has 0 atom stereocenters. The van der Waals surface area contributed by atoms with E-state index in [2.05, 4.69) is 17.1 Å². The van der Waals surface area contributed by atoms with Crippen LogP contribution in [0.4, 0.5) is 0 Å². The third-order valence-electron chi connectivity index (χ3n) is 2.14. The Morgan fingerprint density at radius 1 is 1.43 bits per heavy atom. The molecular weight excluding hydrogens is 200 g/mol. The average molecular weight is 208 g/mol. The monoisotopic (exact) mass is 208 g/mol. The molecule has 0 aliphatic rings. The Hall–Kier alpha value is -1.42. The van der Waals surface area contributed by atoms with E-state index in [9.17, 15) is 4.79 Å². The quantitative estimate of drug-likeness (QED) is 0.578. The van der Waals surface area contributed by atoms with Crippen LogP contribution in [-0.2, 0) is 4.18 Å². The van der Waals surface area contributed by atoms with Crippen LogP contribution >= 0.6 is 12.9 Å². The maximum atomic E-state index is 11.3. The first-order valence-corrected chi connectivity index (χ1v) is 4.43. The minimum atomic E-state index is -0.506. The molecule has 4 heteroatoms. The summed E-state index contributed by atoms with van der Waals surface area (Å²) >= 11 is 3.47. The van der Waals surface area contributed by atoms with E-state index in [1.807, 2.05) is 19.1 Å². The standard InChI is InChI=1S/C10H8O3S/c1-6-2-3-8(10(11)13-14)9-7(6)4-5-12-9/h2-5,14H,1H3. The van der Waals surface area contributed by atoms with E-state index in [4.69, 9.17) is 4.42 Å². The normalized spacial score (nSPS) is 10.4. The van der Waals surface area contributed by atoms with Gasteiger partial charge in [0.15, 0.2) is 0 Å². The summed E-state index contributed by atoms with van der Waals surface area (Å²) in [4.78, 5) is 11.3. The molecule has 0 spiro atoms. The molecule has 14 heavy (non-hydrogen) atoms. The van der Waals surface area contributed by atoms with Gasteiger partial charge < -0.3 is 8.60 Å². The summed E-state index contributed by atoms with van der Waals surface area (Å²) in [6.07, 6.45) is 1.55. The van der Waals surface area contributed by atoms with E-state index in [-0.39, 0.29) is 0 Å². The first kappa shape index (κ1) is 9.15. The van der Waals surface area contributed by atoms with Crippen LogP contribution < -0.4 is 0 Å². The molecule has 0 amide bonds. The number of benzene rings is 1. The van der Waals surface area contributed by atoms with Gasteiger partial charge in [-0.25, -0.2) is 4.79 Å². The van der Waals surface area contributed by atoms with Crippen molar-refractivity contribution in [3.63, 3.8) is 0 Å². The van der Waals surface area contributed by atoms with Crippen LogP contribution in [0.25, 0.3) is 11.0 Å². The number of furan rings is 1. The Morgan fingerprint density at radius 3 is 2.93 bits per heavy atom. The zero-order valence-electron chi connectivity index (χ0n) is 7.48. The Kier molecular flexibility index (Phi) is 2.21. The number of rotatable bonds is 1. The van der Waals surface area contributed by atoms with Crippen LogP contribution in [0.15, 0.2) is 28.9 Å². The van der Waals surface area contributed by atoms with Crippen molar-refractivity contribution in [2.75, 3.05) is 0 Å². The minimum Gasteiger partial charge on any atom is -0.463 e. The van der Waals surface area contributed by atoms with E-state index < -0.39 is 5.97 Å². The van der Waals surface area contributed by atoms with Gasteiger partial charge in [-0.1, -0.05) is 6.07 Å². The van der Waals surface area contributed by atoms with Crippen molar-refractivity contribution in [3.05, 3.63) is 35.6 Å². The molecule has 0 aliphatic carbocycles. The molecule has 0 fully saturated rings. The summed E-state index contributed by atoms with van der Waals surface area (Å²) in [6.45, 7) is 1.95. The van der Waals surface area contributed by atoms with Crippen molar-refractivity contribution < 1.29 is 13.4 Å². The minimum absolute atomic E-state index is 0.394. The molecular formula is C10H8O3S. The highest BCUT2D eigenvalue weighted by molar-refractivity contribution is 7.75. The number of thiol groups is 1. The fourth-order valence-corrected chi connectivity index (χ4v) is 1.51. The Bertz CT molecular complexity index is 487. The number of aryl methyl sites for hydroxylation is 1. The summed E-state index contributed by atoms with van der Waals surface area (Å²) in [5, 5.41) is 0.918. The van der Waals surface area contributed by atoms with Gasteiger partial charge >= 0.3 is 5.97 Å². The van der Waals surface area contributed by atoms with E-state index in [1.165, 1.54) is 0 Å². The van der Waals surface area contributed by atoms with Crippen molar-refractivity contribution in [2.24, 2.45) is 0 Å². The maximum absolute atomic E-state index is 11.3. The van der Waals surface area contributed by atoms with Gasteiger partial charge in [0, 0.05) is 18.3 Å². The lowest BCUT2D eigenvalue weighted by molar-refractivity contribution is 0.0773. The molecule has 0 bridgehead atoms. The molecule has 0 saturated carbocycles. The van der Waals surface area contributed by atoms with Crippen molar-refractivity contribution in [1.82, 2.24) is 0 Å². The third-order valence-corrected chi connectivity index (χ3v) is 2.30. The molecule has 1 aromatic heterocycles. The molecule has 72 valence electrons. The summed E-state index contributed by atoms with van der Waals surface area (Å²) < 4.78 is 9.57. The Balaban J connectivity index is 2.72. The van der Waals surface area contributed by atoms with Crippen LogP contribution in [0, 0.1) is 6.92 Å². The van der Waals surface area contributed by atoms with Gasteiger partial charge in [-0.05, 0) is 24.6 Å². The summed E-state index contributed by atoms with van der Waals surface area (Å²) in [7, 11) is 0. The molecule has 0 aliphatic heterocycles. The average Bonchev–Trinajstić information content (AvgIpc) is 2.67. The summed E-state index contributed by atoms with van der Waals surface area (Å²) in [5.74, 6) is -0.506. The lowest BCUT2D eigenvalue weighted by Gasteiger charge is -2.00. The predicted molar refractivity (Wildman–Crippen MR) is 55.4 cm³/mol. The number of carbonyl (C=O) groups is 1. The van der Waals surface area contributed by atoms with Gasteiger partial charge in [0.25, 0.3) is 0 Å². The highest BCUT2D eigenvalue weighted by atomic mass is 32.1. The van der Waals surface area contributed by atoms with Crippen molar-refractivity contribution in [3.8, 4) is 0 Å². The van der Waals surface area contributed by atoms with Crippen LogP contribution in [0.5, 0.6) is 0 Å². The largest absolute Gasteiger partial charge is 0.463 e. The molecule has 2 rings (SSSR count). The van der Waals surface area contributed by atoms with Crippen LogP contribution in [0.3, 0.4) is 0 Å². The van der Waals surface area contributed by atoms with E-state index in [1.54, 1.807) is 12.3 Å². The fraction of sp³-hybridized carbons (Fsp3) is 0.100. The van der Waals surface area contributed by atoms with Crippen molar-refractivity contribution in [2.45, 2.75) is 6.92 Å². The fourth-order valence-electron chi connectivity index (χ4n) is 1.41. The molecule has 2 aromatic rings. The smallest absolute Gasteiger partial charge is 0.353 e. The zero-order chi connectivity index (χ0) is 10.1. The molecule has 1 heterocycles. The second-order valence-electron chi connectivity index (χ2n) is 2.97. The topological polar surface area (TPSA) is 39.4 Å². The molecule has 1 aromatic carbocycles. The maximum Gasteiger partial charge on any atom is 0.353 e. The van der Waals surface area contributed by atoms with E-state index in [0.29, 0.717) is 11.1 Å².